The minimum atomic E-state index is -0.609. The third-order valence-corrected chi connectivity index (χ3v) is 4.06. The van der Waals surface area contributed by atoms with E-state index < -0.39 is 17.3 Å². The number of thiazole rings is 1. The van der Waals surface area contributed by atoms with Crippen LogP contribution >= 0.6 is 11.3 Å². The number of carbonyl (C=O) groups excluding carboxylic acids is 1. The number of ether oxygens (including phenoxy) is 1. The number of anilines is 2. The van der Waals surface area contributed by atoms with E-state index in [0.29, 0.717) is 0 Å². The van der Waals surface area contributed by atoms with E-state index in [1.54, 1.807) is 6.20 Å². The first-order valence-corrected chi connectivity index (χ1v) is 7.08. The van der Waals surface area contributed by atoms with Gasteiger partial charge in [-0.05, 0) is 26.0 Å². The molecular weight excluding hydrogens is 293 g/mol. The third-order valence-electron chi connectivity index (χ3n) is 2.96. The van der Waals surface area contributed by atoms with Crippen LogP contribution in [0.25, 0.3) is 0 Å². The molecular formula is C14H16FN3O2S. The van der Waals surface area contributed by atoms with Crippen molar-refractivity contribution in [3.63, 3.8) is 0 Å². The molecule has 0 fully saturated rings. The maximum absolute atomic E-state index is 14.1. The van der Waals surface area contributed by atoms with E-state index in [2.05, 4.69) is 15.0 Å². The number of hydrogen-bond donors (Lipinski definition) is 2. The fraction of sp³-hybridized carbons (Fsp3) is 0.286. The van der Waals surface area contributed by atoms with Gasteiger partial charge in [0.1, 0.15) is 10.8 Å². The smallest absolute Gasteiger partial charge is 0.340 e. The molecule has 0 aliphatic heterocycles. The number of nitrogens with zero attached hydrogens (tertiary/aromatic N) is 1. The molecule has 0 atom stereocenters. The van der Waals surface area contributed by atoms with E-state index in [0.717, 1.165) is 11.1 Å². The molecule has 0 saturated heterocycles. The molecule has 0 amide bonds. The van der Waals surface area contributed by atoms with E-state index in [4.69, 9.17) is 5.73 Å². The Morgan fingerprint density at radius 2 is 2.19 bits per heavy atom. The van der Waals surface area contributed by atoms with Crippen LogP contribution in [-0.2, 0) is 10.3 Å². The van der Waals surface area contributed by atoms with Crippen molar-refractivity contribution in [3.05, 3.63) is 40.1 Å². The molecule has 5 nitrogen and oxygen atoms in total. The topological polar surface area (TPSA) is 77.2 Å². The lowest BCUT2D eigenvalue weighted by Crippen LogP contribution is -2.28. The monoisotopic (exact) mass is 309 g/mol. The van der Waals surface area contributed by atoms with Crippen molar-refractivity contribution in [1.82, 2.24) is 4.98 Å². The molecule has 21 heavy (non-hydrogen) atoms. The van der Waals surface area contributed by atoms with Gasteiger partial charge in [0.25, 0.3) is 0 Å². The van der Waals surface area contributed by atoms with Gasteiger partial charge in [-0.1, -0.05) is 0 Å². The first kappa shape index (κ1) is 15.2. The highest BCUT2D eigenvalue weighted by Crippen LogP contribution is 2.30. The molecule has 2 rings (SSSR count). The van der Waals surface area contributed by atoms with Crippen LogP contribution in [0.5, 0.6) is 0 Å². The predicted molar refractivity (Wildman–Crippen MR) is 80.9 cm³/mol. The maximum Gasteiger partial charge on any atom is 0.340 e. The molecule has 1 heterocycles. The van der Waals surface area contributed by atoms with Gasteiger partial charge in [-0.3, -0.25) is 0 Å². The first-order chi connectivity index (χ1) is 9.85. The summed E-state index contributed by atoms with van der Waals surface area (Å²) in [6.45, 7) is 3.75. The number of hydrogen-bond acceptors (Lipinski definition) is 6. The Balaban J connectivity index is 2.38. The van der Waals surface area contributed by atoms with Gasteiger partial charge in [-0.15, -0.1) is 11.3 Å². The molecule has 0 bridgehead atoms. The molecule has 0 saturated carbocycles. The molecule has 0 unspecified atom stereocenters. The van der Waals surface area contributed by atoms with Crippen LogP contribution in [0.2, 0.25) is 0 Å². The molecule has 0 aliphatic rings. The van der Waals surface area contributed by atoms with Crippen molar-refractivity contribution >= 4 is 28.7 Å². The standard InChI is InChI=1S/C14H16FN3O2S/c1-14(2,13-17-4-5-21-13)18-11-6-8(12(19)20-3)10(16)7-9(11)15/h4-7,18H,16H2,1-3H3. The Bertz CT molecular complexity index is 656. The summed E-state index contributed by atoms with van der Waals surface area (Å²) < 4.78 is 18.7. The molecule has 2 aromatic rings. The van der Waals surface area contributed by atoms with Crippen LogP contribution in [0.4, 0.5) is 15.8 Å². The number of halogens is 1. The molecule has 3 N–H and O–H groups in total. The number of esters is 1. The highest BCUT2D eigenvalue weighted by Gasteiger charge is 2.25. The largest absolute Gasteiger partial charge is 0.465 e. The maximum atomic E-state index is 14.1. The molecule has 0 spiro atoms. The lowest BCUT2D eigenvalue weighted by Gasteiger charge is -2.26. The van der Waals surface area contributed by atoms with Gasteiger partial charge in [0.15, 0.2) is 0 Å². The quantitative estimate of drug-likeness (QED) is 0.670. The molecule has 1 aromatic carbocycles. The Morgan fingerprint density at radius 1 is 1.48 bits per heavy atom. The van der Waals surface area contributed by atoms with Gasteiger partial charge in [0.2, 0.25) is 0 Å². The van der Waals surface area contributed by atoms with Crippen LogP contribution in [0.3, 0.4) is 0 Å². The second-order valence-corrected chi connectivity index (χ2v) is 5.89. The molecule has 0 radical (unpaired) electrons. The van der Waals surface area contributed by atoms with Crippen molar-refractivity contribution in [1.29, 1.82) is 0 Å². The molecule has 7 heteroatoms. The summed E-state index contributed by atoms with van der Waals surface area (Å²) in [7, 11) is 1.25. The summed E-state index contributed by atoms with van der Waals surface area (Å²) in [6.07, 6.45) is 1.68. The fourth-order valence-electron chi connectivity index (χ4n) is 1.89. The van der Waals surface area contributed by atoms with Crippen molar-refractivity contribution in [3.8, 4) is 0 Å². The summed E-state index contributed by atoms with van der Waals surface area (Å²) in [5.41, 5.74) is 5.39. The fourth-order valence-corrected chi connectivity index (χ4v) is 2.61. The lowest BCUT2D eigenvalue weighted by molar-refractivity contribution is 0.0602. The van der Waals surface area contributed by atoms with E-state index in [1.165, 1.54) is 24.5 Å². The average Bonchev–Trinajstić information content (AvgIpc) is 2.95. The van der Waals surface area contributed by atoms with E-state index in [-0.39, 0.29) is 16.9 Å². The molecule has 1 aromatic heterocycles. The number of nitrogens with one attached hydrogen (secondary N) is 1. The minimum absolute atomic E-state index is 0.0388. The second kappa shape index (κ2) is 5.69. The van der Waals surface area contributed by atoms with E-state index in [9.17, 15) is 9.18 Å². The summed E-state index contributed by atoms with van der Waals surface area (Å²) >= 11 is 1.46. The number of aromatic nitrogens is 1. The highest BCUT2D eigenvalue weighted by molar-refractivity contribution is 7.09. The van der Waals surface area contributed by atoms with Gasteiger partial charge in [-0.25, -0.2) is 14.2 Å². The summed E-state index contributed by atoms with van der Waals surface area (Å²) in [4.78, 5) is 15.9. The van der Waals surface area contributed by atoms with Crippen molar-refractivity contribution in [2.45, 2.75) is 19.4 Å². The van der Waals surface area contributed by atoms with Crippen LogP contribution in [0.15, 0.2) is 23.7 Å². The number of methoxy groups -OCH3 is 1. The second-order valence-electron chi connectivity index (χ2n) is 5.00. The van der Waals surface area contributed by atoms with Gasteiger partial charge in [0, 0.05) is 17.3 Å². The zero-order valence-electron chi connectivity index (χ0n) is 11.9. The minimum Gasteiger partial charge on any atom is -0.465 e. The van der Waals surface area contributed by atoms with Crippen molar-refractivity contribution in [2.24, 2.45) is 0 Å². The van der Waals surface area contributed by atoms with Crippen molar-refractivity contribution < 1.29 is 13.9 Å². The van der Waals surface area contributed by atoms with Crippen LogP contribution in [0.1, 0.15) is 29.2 Å². The number of nitrogen functional groups attached to an aromatic ring is 1. The van der Waals surface area contributed by atoms with Crippen molar-refractivity contribution in [2.75, 3.05) is 18.2 Å². The van der Waals surface area contributed by atoms with E-state index in [1.807, 2.05) is 19.2 Å². The van der Waals surface area contributed by atoms with Gasteiger partial charge in [-0.2, -0.15) is 0 Å². The first-order valence-electron chi connectivity index (χ1n) is 6.20. The Labute approximate surface area is 126 Å². The van der Waals surface area contributed by atoms with Gasteiger partial charge < -0.3 is 15.8 Å². The Hall–Kier alpha value is -2.15. The third kappa shape index (κ3) is 3.13. The number of rotatable bonds is 4. The number of carbonyl (C=O) groups is 1. The Kier molecular flexibility index (Phi) is 4.13. The normalized spacial score (nSPS) is 11.2. The van der Waals surface area contributed by atoms with Crippen LogP contribution in [0, 0.1) is 5.82 Å². The summed E-state index contributed by atoms with van der Waals surface area (Å²) in [5.74, 6) is -1.15. The summed E-state index contributed by atoms with van der Waals surface area (Å²) in [5, 5.41) is 5.69. The average molecular weight is 309 g/mol. The number of benzene rings is 1. The van der Waals surface area contributed by atoms with Crippen LogP contribution < -0.4 is 11.1 Å². The van der Waals surface area contributed by atoms with Gasteiger partial charge >= 0.3 is 5.97 Å². The van der Waals surface area contributed by atoms with Crippen LogP contribution in [-0.4, -0.2) is 18.1 Å². The van der Waals surface area contributed by atoms with E-state index >= 15 is 0 Å². The zero-order valence-corrected chi connectivity index (χ0v) is 12.8. The number of nitrogens with two attached hydrogens (primary N) is 1. The predicted octanol–water partition coefficient (Wildman–Crippen LogP) is 3.00. The lowest BCUT2D eigenvalue weighted by atomic mass is 10.0. The molecule has 112 valence electrons. The SMILES string of the molecule is COC(=O)c1cc(NC(C)(C)c2nccs2)c(F)cc1N. The molecule has 0 aliphatic carbocycles. The Morgan fingerprint density at radius 3 is 2.76 bits per heavy atom. The summed E-state index contributed by atoms with van der Waals surface area (Å²) in [6, 6.07) is 2.46. The highest BCUT2D eigenvalue weighted by atomic mass is 32.1. The van der Waals surface area contributed by atoms with Gasteiger partial charge in [0.05, 0.1) is 23.9 Å². The zero-order chi connectivity index (χ0) is 15.6.